The van der Waals surface area contributed by atoms with E-state index in [1.807, 2.05) is 19.1 Å². The summed E-state index contributed by atoms with van der Waals surface area (Å²) in [5, 5.41) is 6.65. The lowest BCUT2D eigenvalue weighted by atomic mass is 9.99. The van der Waals surface area contributed by atoms with E-state index < -0.39 is 10.0 Å². The summed E-state index contributed by atoms with van der Waals surface area (Å²) in [5.41, 5.74) is 2.04. The number of sulfonamides is 1. The van der Waals surface area contributed by atoms with Crippen molar-refractivity contribution in [1.82, 2.24) is 10.6 Å². The summed E-state index contributed by atoms with van der Waals surface area (Å²) >= 11 is 0. The fourth-order valence-electron chi connectivity index (χ4n) is 4.06. The van der Waals surface area contributed by atoms with Crippen molar-refractivity contribution in [3.05, 3.63) is 59.7 Å². The van der Waals surface area contributed by atoms with Crippen LogP contribution >= 0.6 is 0 Å². The smallest absolute Gasteiger partial charge is 0.261 e. The van der Waals surface area contributed by atoms with Crippen molar-refractivity contribution in [2.75, 3.05) is 4.72 Å². The SMILES string of the molecule is Cc1ccc(NS(=O)(=O)c2ccc(C(=O)NC3CC4CCC(C3)N4)cc2)cc1. The number of anilines is 1. The molecule has 2 aromatic carbocycles. The van der Waals surface area contributed by atoms with Crippen molar-refractivity contribution >= 4 is 21.6 Å². The van der Waals surface area contributed by atoms with E-state index in [9.17, 15) is 13.2 Å². The van der Waals surface area contributed by atoms with Gasteiger partial charge in [-0.3, -0.25) is 9.52 Å². The van der Waals surface area contributed by atoms with E-state index in [0.29, 0.717) is 23.3 Å². The van der Waals surface area contributed by atoms with Crippen LogP contribution in [0.1, 0.15) is 41.6 Å². The molecule has 0 aliphatic carbocycles. The Bertz CT molecular complexity index is 943. The first-order valence-electron chi connectivity index (χ1n) is 9.65. The van der Waals surface area contributed by atoms with Gasteiger partial charge in [0.1, 0.15) is 0 Å². The minimum Gasteiger partial charge on any atom is -0.349 e. The largest absolute Gasteiger partial charge is 0.349 e. The van der Waals surface area contributed by atoms with E-state index >= 15 is 0 Å². The van der Waals surface area contributed by atoms with E-state index in [1.165, 1.54) is 25.0 Å². The molecule has 6 nitrogen and oxygen atoms in total. The Morgan fingerprint density at radius 2 is 1.57 bits per heavy atom. The van der Waals surface area contributed by atoms with Crippen molar-refractivity contribution in [2.24, 2.45) is 0 Å². The highest BCUT2D eigenvalue weighted by molar-refractivity contribution is 7.92. The van der Waals surface area contributed by atoms with Crippen LogP contribution in [-0.2, 0) is 10.0 Å². The highest BCUT2D eigenvalue weighted by Crippen LogP contribution is 2.27. The first-order chi connectivity index (χ1) is 13.4. The number of rotatable bonds is 5. The molecule has 1 amide bonds. The summed E-state index contributed by atoms with van der Waals surface area (Å²) in [7, 11) is -3.69. The number of carbonyl (C=O) groups is 1. The molecule has 4 rings (SSSR count). The molecule has 7 heteroatoms. The van der Waals surface area contributed by atoms with Crippen LogP contribution in [0.15, 0.2) is 53.4 Å². The fourth-order valence-corrected chi connectivity index (χ4v) is 5.12. The molecule has 2 atom stereocenters. The van der Waals surface area contributed by atoms with Crippen molar-refractivity contribution in [3.8, 4) is 0 Å². The third-order valence-corrected chi connectivity index (χ3v) is 6.94. The van der Waals surface area contributed by atoms with Crippen LogP contribution in [0.2, 0.25) is 0 Å². The van der Waals surface area contributed by atoms with Gasteiger partial charge in [-0.15, -0.1) is 0 Å². The molecule has 0 spiro atoms. The third kappa shape index (κ3) is 4.20. The van der Waals surface area contributed by atoms with E-state index in [1.54, 1.807) is 24.3 Å². The van der Waals surface area contributed by atoms with Crippen LogP contribution in [0, 0.1) is 6.92 Å². The van der Waals surface area contributed by atoms with Gasteiger partial charge in [0.15, 0.2) is 0 Å². The van der Waals surface area contributed by atoms with Crippen LogP contribution in [0.25, 0.3) is 0 Å². The number of fused-ring (bicyclic) bond motifs is 2. The minimum absolute atomic E-state index is 0.129. The number of piperidine rings is 1. The number of amides is 1. The van der Waals surface area contributed by atoms with E-state index in [4.69, 9.17) is 0 Å². The van der Waals surface area contributed by atoms with Crippen molar-refractivity contribution in [1.29, 1.82) is 0 Å². The van der Waals surface area contributed by atoms with Gasteiger partial charge in [0.05, 0.1) is 4.90 Å². The lowest BCUT2D eigenvalue weighted by Gasteiger charge is -2.29. The molecule has 2 aliphatic rings. The van der Waals surface area contributed by atoms with Gasteiger partial charge < -0.3 is 10.6 Å². The van der Waals surface area contributed by atoms with Crippen molar-refractivity contribution in [2.45, 2.75) is 55.6 Å². The number of hydrogen-bond acceptors (Lipinski definition) is 4. The van der Waals surface area contributed by atoms with Gasteiger partial charge in [-0.25, -0.2) is 8.42 Å². The topological polar surface area (TPSA) is 87.3 Å². The van der Waals surface area contributed by atoms with Gasteiger partial charge in [-0.2, -0.15) is 0 Å². The molecule has 2 fully saturated rings. The minimum atomic E-state index is -3.69. The monoisotopic (exact) mass is 399 g/mol. The number of carbonyl (C=O) groups excluding carboxylic acids is 1. The van der Waals surface area contributed by atoms with Crippen LogP contribution in [0.5, 0.6) is 0 Å². The number of benzene rings is 2. The molecule has 0 saturated carbocycles. The molecular weight excluding hydrogens is 374 g/mol. The summed E-state index contributed by atoms with van der Waals surface area (Å²) in [4.78, 5) is 12.7. The Morgan fingerprint density at radius 1 is 0.964 bits per heavy atom. The summed E-state index contributed by atoms with van der Waals surface area (Å²) in [6.07, 6.45) is 4.26. The highest BCUT2D eigenvalue weighted by Gasteiger charge is 2.34. The molecule has 2 bridgehead atoms. The molecule has 0 aromatic heterocycles. The Balaban J connectivity index is 1.41. The molecule has 2 saturated heterocycles. The predicted molar refractivity (Wildman–Crippen MR) is 109 cm³/mol. The first-order valence-corrected chi connectivity index (χ1v) is 11.1. The summed E-state index contributed by atoms with van der Waals surface area (Å²) in [6.45, 7) is 1.94. The Hall–Kier alpha value is -2.38. The lowest BCUT2D eigenvalue weighted by Crippen LogP contribution is -2.48. The van der Waals surface area contributed by atoms with Gasteiger partial charge in [0.2, 0.25) is 0 Å². The van der Waals surface area contributed by atoms with E-state index in [2.05, 4.69) is 15.4 Å². The second kappa shape index (κ2) is 7.56. The third-order valence-electron chi connectivity index (χ3n) is 5.54. The lowest BCUT2D eigenvalue weighted by molar-refractivity contribution is 0.0924. The fraction of sp³-hybridized carbons (Fsp3) is 0.381. The molecule has 3 N–H and O–H groups in total. The predicted octanol–water partition coefficient (Wildman–Crippen LogP) is 2.81. The summed E-state index contributed by atoms with van der Waals surface area (Å²) in [5.74, 6) is -0.151. The van der Waals surface area contributed by atoms with Crippen LogP contribution in [0.3, 0.4) is 0 Å². The van der Waals surface area contributed by atoms with Gasteiger partial charge in [-0.1, -0.05) is 17.7 Å². The molecule has 148 valence electrons. The number of nitrogens with one attached hydrogen (secondary N) is 3. The maximum Gasteiger partial charge on any atom is 0.261 e. The maximum absolute atomic E-state index is 12.5. The normalized spacial score (nSPS) is 24.0. The Morgan fingerprint density at radius 3 is 2.18 bits per heavy atom. The van der Waals surface area contributed by atoms with E-state index in [0.717, 1.165) is 18.4 Å². The van der Waals surface area contributed by atoms with Gasteiger partial charge in [0.25, 0.3) is 15.9 Å². The molecule has 28 heavy (non-hydrogen) atoms. The van der Waals surface area contributed by atoms with Crippen molar-refractivity contribution < 1.29 is 13.2 Å². The highest BCUT2D eigenvalue weighted by atomic mass is 32.2. The standard InChI is InChI=1S/C21H25N3O3S/c1-14-2-6-16(7-3-14)24-28(26,27)20-10-4-15(5-11-20)21(25)23-19-12-17-8-9-18(13-19)22-17/h2-7,10-11,17-19,22,24H,8-9,12-13H2,1H3,(H,23,25). The molecule has 2 heterocycles. The molecule has 2 aliphatic heterocycles. The molecule has 2 aromatic rings. The van der Waals surface area contributed by atoms with Crippen LogP contribution in [0.4, 0.5) is 5.69 Å². The zero-order chi connectivity index (χ0) is 19.7. The van der Waals surface area contributed by atoms with E-state index in [-0.39, 0.29) is 16.8 Å². The van der Waals surface area contributed by atoms with Crippen LogP contribution < -0.4 is 15.4 Å². The first kappa shape index (κ1) is 19.0. The average molecular weight is 400 g/mol. The molecule has 0 radical (unpaired) electrons. The molecular formula is C21H25N3O3S. The summed E-state index contributed by atoms with van der Waals surface area (Å²) < 4.78 is 27.6. The Labute approximate surface area is 165 Å². The maximum atomic E-state index is 12.5. The second-order valence-corrected chi connectivity index (χ2v) is 9.46. The van der Waals surface area contributed by atoms with Gasteiger partial charge >= 0.3 is 0 Å². The zero-order valence-corrected chi connectivity index (χ0v) is 16.6. The number of hydrogen-bond donors (Lipinski definition) is 3. The quantitative estimate of drug-likeness (QED) is 0.722. The average Bonchev–Trinajstić information content (AvgIpc) is 3.02. The van der Waals surface area contributed by atoms with Crippen LogP contribution in [-0.4, -0.2) is 32.5 Å². The van der Waals surface area contributed by atoms with Gasteiger partial charge in [0, 0.05) is 29.4 Å². The number of aryl methyl sites for hydroxylation is 1. The zero-order valence-electron chi connectivity index (χ0n) is 15.8. The van der Waals surface area contributed by atoms with Gasteiger partial charge in [-0.05, 0) is 69.0 Å². The summed E-state index contributed by atoms with van der Waals surface area (Å²) in [6, 6.07) is 14.4. The molecule has 2 unspecified atom stereocenters. The second-order valence-electron chi connectivity index (χ2n) is 7.78. The Kier molecular flexibility index (Phi) is 5.12. The van der Waals surface area contributed by atoms with Crippen molar-refractivity contribution in [3.63, 3.8) is 0 Å².